The Balaban J connectivity index is 1.63. The SMILES string of the molecule is CN(c1ccc2c(c1)C(=O)N(C1CCC(=O)NC1=O)C2=O)C(CN)c1ccccc1. The topological polar surface area (TPSA) is 113 Å². The minimum atomic E-state index is -0.975. The fourth-order valence-corrected chi connectivity index (χ4v) is 4.05. The highest BCUT2D eigenvalue weighted by atomic mass is 16.2. The lowest BCUT2D eigenvalue weighted by Gasteiger charge is -2.29. The fraction of sp³-hybridized carbons (Fsp3) is 0.273. The number of amides is 4. The van der Waals surface area contributed by atoms with E-state index in [1.54, 1.807) is 18.2 Å². The molecule has 2 aliphatic rings. The molecule has 0 spiro atoms. The average Bonchev–Trinajstić information content (AvgIpc) is 2.99. The molecule has 2 aromatic carbocycles. The summed E-state index contributed by atoms with van der Waals surface area (Å²) < 4.78 is 0. The summed E-state index contributed by atoms with van der Waals surface area (Å²) in [5.41, 5.74) is 8.28. The van der Waals surface area contributed by atoms with Crippen molar-refractivity contribution < 1.29 is 19.2 Å². The molecule has 0 bridgehead atoms. The quantitative estimate of drug-likeness (QED) is 0.722. The molecular weight excluding hydrogens is 384 g/mol. The van der Waals surface area contributed by atoms with E-state index in [1.807, 2.05) is 42.3 Å². The lowest BCUT2D eigenvalue weighted by Crippen LogP contribution is -2.54. The van der Waals surface area contributed by atoms with Crippen LogP contribution in [0.2, 0.25) is 0 Å². The van der Waals surface area contributed by atoms with E-state index in [4.69, 9.17) is 5.73 Å². The number of nitrogens with one attached hydrogen (secondary N) is 1. The summed E-state index contributed by atoms with van der Waals surface area (Å²) in [6, 6.07) is 13.7. The van der Waals surface area contributed by atoms with Gasteiger partial charge in [0.1, 0.15) is 6.04 Å². The van der Waals surface area contributed by atoms with Gasteiger partial charge in [-0.25, -0.2) is 0 Å². The molecule has 2 aromatic rings. The smallest absolute Gasteiger partial charge is 0.262 e. The van der Waals surface area contributed by atoms with E-state index in [2.05, 4.69) is 5.32 Å². The van der Waals surface area contributed by atoms with E-state index >= 15 is 0 Å². The van der Waals surface area contributed by atoms with Crippen LogP contribution in [0.4, 0.5) is 5.69 Å². The van der Waals surface area contributed by atoms with Crippen molar-refractivity contribution in [3.8, 4) is 0 Å². The van der Waals surface area contributed by atoms with Crippen molar-refractivity contribution in [3.05, 3.63) is 65.2 Å². The molecule has 4 rings (SSSR count). The summed E-state index contributed by atoms with van der Waals surface area (Å²) in [7, 11) is 1.88. The van der Waals surface area contributed by atoms with E-state index < -0.39 is 29.7 Å². The van der Waals surface area contributed by atoms with Crippen molar-refractivity contribution in [2.45, 2.75) is 24.9 Å². The van der Waals surface area contributed by atoms with Gasteiger partial charge in [-0.15, -0.1) is 0 Å². The first kappa shape index (κ1) is 19.8. The summed E-state index contributed by atoms with van der Waals surface area (Å²) in [5.74, 6) is -2.06. The maximum atomic E-state index is 13.0. The Hall–Kier alpha value is -3.52. The van der Waals surface area contributed by atoms with Crippen LogP contribution in [0.5, 0.6) is 0 Å². The lowest BCUT2D eigenvalue weighted by molar-refractivity contribution is -0.136. The second-order valence-electron chi connectivity index (χ2n) is 7.45. The van der Waals surface area contributed by atoms with Crippen LogP contribution in [0.1, 0.15) is 45.2 Å². The Kier molecular flexibility index (Phi) is 5.09. The maximum Gasteiger partial charge on any atom is 0.262 e. The third-order valence-corrected chi connectivity index (χ3v) is 5.71. The molecule has 3 N–H and O–H groups in total. The molecule has 30 heavy (non-hydrogen) atoms. The normalized spacial score (nSPS) is 19.5. The Morgan fingerprint density at radius 2 is 1.77 bits per heavy atom. The van der Waals surface area contributed by atoms with E-state index in [0.717, 1.165) is 16.2 Å². The Bertz CT molecular complexity index is 1040. The molecule has 154 valence electrons. The molecule has 1 fully saturated rings. The van der Waals surface area contributed by atoms with Gasteiger partial charge in [0.2, 0.25) is 11.8 Å². The molecule has 8 heteroatoms. The van der Waals surface area contributed by atoms with E-state index in [-0.39, 0.29) is 30.0 Å². The Morgan fingerprint density at radius 1 is 1.07 bits per heavy atom. The molecule has 2 atom stereocenters. The summed E-state index contributed by atoms with van der Waals surface area (Å²) in [4.78, 5) is 52.4. The van der Waals surface area contributed by atoms with Crippen molar-refractivity contribution in [1.82, 2.24) is 10.2 Å². The number of piperidine rings is 1. The van der Waals surface area contributed by atoms with Gasteiger partial charge in [-0.2, -0.15) is 0 Å². The summed E-state index contributed by atoms with van der Waals surface area (Å²) >= 11 is 0. The lowest BCUT2D eigenvalue weighted by atomic mass is 10.0. The zero-order valence-electron chi connectivity index (χ0n) is 16.5. The predicted molar refractivity (Wildman–Crippen MR) is 110 cm³/mol. The first-order chi connectivity index (χ1) is 14.4. The number of benzene rings is 2. The molecule has 2 unspecified atom stereocenters. The number of anilines is 1. The molecule has 2 heterocycles. The van der Waals surface area contributed by atoms with Gasteiger partial charge in [0.05, 0.1) is 17.2 Å². The van der Waals surface area contributed by atoms with Gasteiger partial charge in [-0.3, -0.25) is 29.4 Å². The largest absolute Gasteiger partial charge is 0.366 e. The van der Waals surface area contributed by atoms with Gasteiger partial charge in [0.15, 0.2) is 0 Å². The third kappa shape index (κ3) is 3.25. The average molecular weight is 406 g/mol. The number of imide groups is 2. The van der Waals surface area contributed by atoms with Crippen LogP contribution in [-0.2, 0) is 9.59 Å². The van der Waals surface area contributed by atoms with Gasteiger partial charge in [-0.1, -0.05) is 30.3 Å². The summed E-state index contributed by atoms with van der Waals surface area (Å²) in [6.45, 7) is 0.368. The number of nitrogens with two attached hydrogens (primary N) is 1. The van der Waals surface area contributed by atoms with Crippen LogP contribution in [0.3, 0.4) is 0 Å². The zero-order chi connectivity index (χ0) is 21.4. The van der Waals surface area contributed by atoms with Crippen molar-refractivity contribution in [3.63, 3.8) is 0 Å². The van der Waals surface area contributed by atoms with E-state index in [1.165, 1.54) is 0 Å². The summed E-state index contributed by atoms with van der Waals surface area (Å²) in [6.07, 6.45) is 0.221. The molecule has 0 aromatic heterocycles. The minimum Gasteiger partial charge on any atom is -0.366 e. The van der Waals surface area contributed by atoms with Crippen LogP contribution in [0, 0.1) is 0 Å². The Labute approximate surface area is 173 Å². The number of likely N-dealkylation sites (N-methyl/N-ethyl adjacent to an activating group) is 1. The van der Waals surface area contributed by atoms with Crippen molar-refractivity contribution in [2.75, 3.05) is 18.5 Å². The van der Waals surface area contributed by atoms with Gasteiger partial charge in [0, 0.05) is 25.7 Å². The molecule has 8 nitrogen and oxygen atoms in total. The van der Waals surface area contributed by atoms with Crippen molar-refractivity contribution >= 4 is 29.3 Å². The molecule has 0 radical (unpaired) electrons. The Morgan fingerprint density at radius 3 is 2.43 bits per heavy atom. The van der Waals surface area contributed by atoms with Gasteiger partial charge in [0.25, 0.3) is 11.8 Å². The van der Waals surface area contributed by atoms with Crippen LogP contribution in [-0.4, -0.2) is 48.2 Å². The summed E-state index contributed by atoms with van der Waals surface area (Å²) in [5, 5.41) is 2.20. The third-order valence-electron chi connectivity index (χ3n) is 5.71. The zero-order valence-corrected chi connectivity index (χ0v) is 16.5. The highest BCUT2D eigenvalue weighted by Gasteiger charge is 2.44. The predicted octanol–water partition coefficient (Wildman–Crippen LogP) is 1.22. The maximum absolute atomic E-state index is 13.0. The standard InChI is InChI=1S/C22H22N4O4/c1-25(18(12-23)13-5-3-2-4-6-13)14-7-8-15-16(11-14)22(30)26(21(15)29)17-9-10-19(27)24-20(17)28/h2-8,11,17-18H,9-10,12,23H2,1H3,(H,24,27,28). The number of nitrogens with zero attached hydrogens (tertiary/aromatic N) is 2. The second kappa shape index (κ2) is 7.72. The highest BCUT2D eigenvalue weighted by molar-refractivity contribution is 6.23. The van der Waals surface area contributed by atoms with E-state index in [0.29, 0.717) is 6.54 Å². The van der Waals surface area contributed by atoms with Crippen LogP contribution in [0.25, 0.3) is 0 Å². The molecule has 0 saturated carbocycles. The number of carbonyl (C=O) groups is 4. The number of carbonyl (C=O) groups excluding carboxylic acids is 4. The van der Waals surface area contributed by atoms with Crippen LogP contribution in [0.15, 0.2) is 48.5 Å². The molecular formula is C22H22N4O4. The van der Waals surface area contributed by atoms with Gasteiger partial charge >= 0.3 is 0 Å². The molecule has 2 aliphatic heterocycles. The minimum absolute atomic E-state index is 0.0903. The fourth-order valence-electron chi connectivity index (χ4n) is 4.05. The highest BCUT2D eigenvalue weighted by Crippen LogP contribution is 2.32. The monoisotopic (exact) mass is 406 g/mol. The van der Waals surface area contributed by atoms with Crippen LogP contribution >= 0.6 is 0 Å². The number of fused-ring (bicyclic) bond motifs is 1. The molecule has 4 amide bonds. The molecule has 1 saturated heterocycles. The first-order valence-electron chi connectivity index (χ1n) is 9.76. The van der Waals surface area contributed by atoms with Crippen molar-refractivity contribution in [1.29, 1.82) is 0 Å². The first-order valence-corrected chi connectivity index (χ1v) is 9.76. The van der Waals surface area contributed by atoms with Crippen LogP contribution < -0.4 is 16.0 Å². The van der Waals surface area contributed by atoms with Gasteiger partial charge in [-0.05, 0) is 30.2 Å². The van der Waals surface area contributed by atoms with E-state index in [9.17, 15) is 19.2 Å². The second-order valence-corrected chi connectivity index (χ2v) is 7.45. The van der Waals surface area contributed by atoms with Crippen molar-refractivity contribution in [2.24, 2.45) is 5.73 Å². The number of rotatable bonds is 5. The number of hydrogen-bond donors (Lipinski definition) is 2. The van der Waals surface area contributed by atoms with Gasteiger partial charge < -0.3 is 10.6 Å². The number of hydrogen-bond acceptors (Lipinski definition) is 6. The molecule has 0 aliphatic carbocycles.